The lowest BCUT2D eigenvalue weighted by Gasteiger charge is -2.05. The second-order valence-corrected chi connectivity index (χ2v) is 3.58. The molecule has 1 heterocycles. The maximum absolute atomic E-state index is 11.9. The van der Waals surface area contributed by atoms with Gasteiger partial charge in [-0.3, -0.25) is 9.48 Å². The van der Waals surface area contributed by atoms with Crippen LogP contribution >= 0.6 is 0 Å². The third-order valence-electron chi connectivity index (χ3n) is 2.24. The number of nitrogens with two attached hydrogens (primary N) is 1. The van der Waals surface area contributed by atoms with Crippen molar-refractivity contribution in [3.8, 4) is 5.75 Å². The Morgan fingerprint density at radius 2 is 2.24 bits per heavy atom. The van der Waals surface area contributed by atoms with Crippen LogP contribution in [-0.2, 0) is 7.05 Å². The van der Waals surface area contributed by atoms with Crippen LogP contribution in [0.3, 0.4) is 0 Å². The molecular formula is C11H12N4O2. The van der Waals surface area contributed by atoms with Gasteiger partial charge in [0.2, 0.25) is 0 Å². The maximum atomic E-state index is 11.9. The molecule has 0 spiro atoms. The van der Waals surface area contributed by atoms with Gasteiger partial charge >= 0.3 is 0 Å². The Morgan fingerprint density at radius 1 is 1.47 bits per heavy atom. The molecule has 0 saturated carbocycles. The summed E-state index contributed by atoms with van der Waals surface area (Å²) in [4.78, 5) is 11.9. The number of aromatic nitrogens is 2. The van der Waals surface area contributed by atoms with E-state index in [1.807, 2.05) is 0 Å². The number of nitrogens with zero attached hydrogens (tertiary/aromatic N) is 2. The largest absolute Gasteiger partial charge is 0.508 e. The second kappa shape index (κ2) is 4.17. The van der Waals surface area contributed by atoms with Crippen molar-refractivity contribution >= 4 is 17.4 Å². The molecule has 0 atom stereocenters. The highest BCUT2D eigenvalue weighted by Crippen LogP contribution is 2.16. The summed E-state index contributed by atoms with van der Waals surface area (Å²) in [6.45, 7) is 0. The quantitative estimate of drug-likeness (QED) is 0.719. The van der Waals surface area contributed by atoms with Crippen molar-refractivity contribution in [1.29, 1.82) is 0 Å². The number of hydrogen-bond donors (Lipinski definition) is 3. The molecule has 6 nitrogen and oxygen atoms in total. The standard InChI is InChI=1S/C11H12N4O2/c1-15-9(6-10(12)14-15)11(17)13-7-3-2-4-8(16)5-7/h2-6,16H,1H3,(H2,12,14)(H,13,17). The van der Waals surface area contributed by atoms with E-state index in [4.69, 9.17) is 5.73 Å². The fraction of sp³-hybridized carbons (Fsp3) is 0.0909. The molecular weight excluding hydrogens is 220 g/mol. The maximum Gasteiger partial charge on any atom is 0.274 e. The number of carbonyl (C=O) groups is 1. The summed E-state index contributed by atoms with van der Waals surface area (Å²) in [6.07, 6.45) is 0. The molecule has 0 radical (unpaired) electrons. The first-order chi connectivity index (χ1) is 8.06. The number of nitrogens with one attached hydrogen (secondary N) is 1. The highest BCUT2D eigenvalue weighted by atomic mass is 16.3. The van der Waals surface area contributed by atoms with Gasteiger partial charge in [-0.2, -0.15) is 5.10 Å². The van der Waals surface area contributed by atoms with Gasteiger partial charge in [0.05, 0.1) is 0 Å². The number of amides is 1. The first-order valence-electron chi connectivity index (χ1n) is 4.96. The summed E-state index contributed by atoms with van der Waals surface area (Å²) in [7, 11) is 1.63. The van der Waals surface area contributed by atoms with E-state index >= 15 is 0 Å². The predicted molar refractivity (Wildman–Crippen MR) is 63.7 cm³/mol. The molecule has 1 amide bonds. The van der Waals surface area contributed by atoms with Crippen LogP contribution in [0.2, 0.25) is 0 Å². The average Bonchev–Trinajstić information content (AvgIpc) is 2.58. The van der Waals surface area contributed by atoms with E-state index < -0.39 is 0 Å². The summed E-state index contributed by atoms with van der Waals surface area (Å²) in [5, 5.41) is 15.8. The molecule has 0 saturated heterocycles. The second-order valence-electron chi connectivity index (χ2n) is 3.58. The Hall–Kier alpha value is -2.50. The molecule has 2 rings (SSSR count). The molecule has 1 aromatic carbocycles. The van der Waals surface area contributed by atoms with Gasteiger partial charge in [-0.15, -0.1) is 0 Å². The van der Waals surface area contributed by atoms with Gasteiger partial charge in [0.15, 0.2) is 0 Å². The van der Waals surface area contributed by atoms with Gasteiger partial charge in [0.25, 0.3) is 5.91 Å². The Balaban J connectivity index is 2.20. The van der Waals surface area contributed by atoms with Crippen molar-refractivity contribution in [3.05, 3.63) is 36.0 Å². The van der Waals surface area contributed by atoms with Crippen LogP contribution in [0.15, 0.2) is 30.3 Å². The van der Waals surface area contributed by atoms with E-state index in [0.717, 1.165) is 0 Å². The third-order valence-corrected chi connectivity index (χ3v) is 2.24. The molecule has 0 aliphatic carbocycles. The summed E-state index contributed by atoms with van der Waals surface area (Å²) in [5.41, 5.74) is 6.34. The number of carbonyl (C=O) groups excluding carboxylic acids is 1. The Labute approximate surface area is 97.7 Å². The summed E-state index contributed by atoms with van der Waals surface area (Å²) in [5.74, 6) is 0.0446. The summed E-state index contributed by atoms with van der Waals surface area (Å²) < 4.78 is 1.40. The molecule has 1 aromatic heterocycles. The lowest BCUT2D eigenvalue weighted by molar-refractivity contribution is 0.101. The van der Waals surface area contributed by atoms with Gasteiger partial charge in [-0.1, -0.05) is 6.07 Å². The number of rotatable bonds is 2. The van der Waals surface area contributed by atoms with Crippen LogP contribution in [0.25, 0.3) is 0 Å². The van der Waals surface area contributed by atoms with Crippen molar-refractivity contribution in [2.24, 2.45) is 7.05 Å². The van der Waals surface area contributed by atoms with E-state index in [0.29, 0.717) is 11.4 Å². The molecule has 0 aliphatic heterocycles. The normalized spacial score (nSPS) is 10.2. The van der Waals surface area contributed by atoms with Crippen LogP contribution in [0.4, 0.5) is 11.5 Å². The number of aromatic hydroxyl groups is 1. The Kier molecular flexibility index (Phi) is 2.70. The number of nitrogen functional groups attached to an aromatic ring is 1. The molecule has 88 valence electrons. The number of benzene rings is 1. The van der Waals surface area contributed by atoms with E-state index in [1.165, 1.54) is 22.9 Å². The number of phenolic OH excluding ortho intramolecular Hbond substituents is 1. The monoisotopic (exact) mass is 232 g/mol. The molecule has 2 aromatic rings. The Morgan fingerprint density at radius 3 is 2.82 bits per heavy atom. The number of aryl methyl sites for hydroxylation is 1. The molecule has 0 unspecified atom stereocenters. The van der Waals surface area contributed by atoms with Crippen LogP contribution in [0.1, 0.15) is 10.5 Å². The van der Waals surface area contributed by atoms with Gasteiger partial charge in [-0.25, -0.2) is 0 Å². The highest BCUT2D eigenvalue weighted by molar-refractivity contribution is 6.03. The smallest absolute Gasteiger partial charge is 0.274 e. The molecule has 0 aliphatic rings. The van der Waals surface area contributed by atoms with Gasteiger partial charge in [-0.05, 0) is 12.1 Å². The van der Waals surface area contributed by atoms with Crippen LogP contribution in [-0.4, -0.2) is 20.8 Å². The number of hydrogen-bond acceptors (Lipinski definition) is 4. The van der Waals surface area contributed by atoms with Crippen molar-refractivity contribution < 1.29 is 9.90 Å². The minimum atomic E-state index is -0.331. The molecule has 0 bridgehead atoms. The predicted octanol–water partition coefficient (Wildman–Crippen LogP) is 0.960. The average molecular weight is 232 g/mol. The lowest BCUT2D eigenvalue weighted by Crippen LogP contribution is -2.15. The number of phenols is 1. The van der Waals surface area contributed by atoms with Gasteiger partial charge in [0.1, 0.15) is 17.3 Å². The first-order valence-corrected chi connectivity index (χ1v) is 4.96. The van der Waals surface area contributed by atoms with E-state index in [9.17, 15) is 9.90 Å². The summed E-state index contributed by atoms with van der Waals surface area (Å²) >= 11 is 0. The fourth-order valence-corrected chi connectivity index (χ4v) is 1.48. The van der Waals surface area contributed by atoms with E-state index in [-0.39, 0.29) is 17.5 Å². The zero-order valence-electron chi connectivity index (χ0n) is 9.21. The van der Waals surface area contributed by atoms with Crippen molar-refractivity contribution in [2.45, 2.75) is 0 Å². The van der Waals surface area contributed by atoms with Crippen LogP contribution in [0, 0.1) is 0 Å². The molecule has 17 heavy (non-hydrogen) atoms. The van der Waals surface area contributed by atoms with E-state index in [2.05, 4.69) is 10.4 Å². The minimum absolute atomic E-state index is 0.0901. The molecule has 4 N–H and O–H groups in total. The van der Waals surface area contributed by atoms with Crippen molar-refractivity contribution in [2.75, 3.05) is 11.1 Å². The van der Waals surface area contributed by atoms with Gasteiger partial charge < -0.3 is 16.2 Å². The topological polar surface area (TPSA) is 93.2 Å². The SMILES string of the molecule is Cn1nc(N)cc1C(=O)Nc1cccc(O)c1. The number of anilines is 2. The minimum Gasteiger partial charge on any atom is -0.508 e. The van der Waals surface area contributed by atoms with Crippen LogP contribution in [0.5, 0.6) is 5.75 Å². The van der Waals surface area contributed by atoms with E-state index in [1.54, 1.807) is 19.2 Å². The highest BCUT2D eigenvalue weighted by Gasteiger charge is 2.12. The Bertz CT molecular complexity index is 562. The third kappa shape index (κ3) is 2.36. The fourth-order valence-electron chi connectivity index (χ4n) is 1.48. The zero-order valence-corrected chi connectivity index (χ0v) is 9.21. The van der Waals surface area contributed by atoms with Crippen LogP contribution < -0.4 is 11.1 Å². The lowest BCUT2D eigenvalue weighted by atomic mass is 10.3. The molecule has 6 heteroatoms. The van der Waals surface area contributed by atoms with Crippen molar-refractivity contribution in [3.63, 3.8) is 0 Å². The van der Waals surface area contributed by atoms with Crippen molar-refractivity contribution in [1.82, 2.24) is 9.78 Å². The first kappa shape index (κ1) is 11.0. The molecule has 0 fully saturated rings. The van der Waals surface area contributed by atoms with Gasteiger partial charge in [0, 0.05) is 24.9 Å². The summed E-state index contributed by atoms with van der Waals surface area (Å²) in [6, 6.07) is 7.79. The zero-order chi connectivity index (χ0) is 12.4.